The highest BCUT2D eigenvalue weighted by Gasteiger charge is 2.14. The zero-order valence-corrected chi connectivity index (χ0v) is 16.1. The van der Waals surface area contributed by atoms with Crippen LogP contribution in [-0.2, 0) is 0 Å². The number of thiazole rings is 1. The normalized spacial score (nSPS) is 11.4. The Labute approximate surface area is 169 Å². The summed E-state index contributed by atoms with van der Waals surface area (Å²) in [6.07, 6.45) is 1.62. The predicted octanol–water partition coefficient (Wildman–Crippen LogP) is 4.69. The molecule has 0 atom stereocenters. The van der Waals surface area contributed by atoms with Crippen LogP contribution in [0.5, 0.6) is 11.5 Å². The predicted molar refractivity (Wildman–Crippen MR) is 112 cm³/mol. The number of ether oxygens (including phenoxy) is 1. The Kier molecular flexibility index (Phi) is 4.85. The van der Waals surface area contributed by atoms with Gasteiger partial charge in [0.25, 0.3) is 0 Å². The van der Waals surface area contributed by atoms with Gasteiger partial charge in [0.1, 0.15) is 16.7 Å². The Morgan fingerprint density at radius 2 is 2.10 bits per heavy atom. The van der Waals surface area contributed by atoms with Gasteiger partial charge in [0.15, 0.2) is 11.5 Å². The van der Waals surface area contributed by atoms with Gasteiger partial charge in [-0.1, -0.05) is 24.3 Å². The Balaban J connectivity index is 1.73. The Morgan fingerprint density at radius 3 is 2.86 bits per heavy atom. The van der Waals surface area contributed by atoms with Crippen LogP contribution in [0, 0.1) is 11.3 Å². The highest BCUT2D eigenvalue weighted by Crippen LogP contribution is 2.30. The van der Waals surface area contributed by atoms with E-state index in [1.807, 2.05) is 12.1 Å². The van der Waals surface area contributed by atoms with Gasteiger partial charge in [-0.15, -0.1) is 11.3 Å². The molecule has 0 aliphatic carbocycles. The maximum atomic E-state index is 12.3. The van der Waals surface area contributed by atoms with Gasteiger partial charge < -0.3 is 14.3 Å². The van der Waals surface area contributed by atoms with Crippen molar-refractivity contribution in [2.24, 2.45) is 0 Å². The van der Waals surface area contributed by atoms with E-state index in [0.29, 0.717) is 38.7 Å². The molecule has 0 bridgehead atoms. The molecular formula is C22H14N2O4S. The number of methoxy groups -OCH3 is 1. The van der Waals surface area contributed by atoms with Crippen LogP contribution in [0.15, 0.2) is 63.1 Å². The lowest BCUT2D eigenvalue weighted by Crippen LogP contribution is -2.02. The molecular weight excluding hydrogens is 388 g/mol. The topological polar surface area (TPSA) is 96.4 Å². The zero-order valence-electron chi connectivity index (χ0n) is 15.2. The number of aromatic hydroxyl groups is 1. The number of nitrogens with zero attached hydrogens (tertiary/aromatic N) is 2. The lowest BCUT2D eigenvalue weighted by atomic mass is 10.1. The highest BCUT2D eigenvalue weighted by molar-refractivity contribution is 7.11. The first-order valence-electron chi connectivity index (χ1n) is 8.57. The largest absolute Gasteiger partial charge is 0.504 e. The molecule has 2 aromatic heterocycles. The molecule has 0 radical (unpaired) electrons. The molecule has 2 heterocycles. The number of rotatable bonds is 4. The lowest BCUT2D eigenvalue weighted by Gasteiger charge is -2.03. The third-order valence-corrected chi connectivity index (χ3v) is 5.16. The second-order valence-electron chi connectivity index (χ2n) is 6.12. The molecule has 0 spiro atoms. The molecule has 0 unspecified atom stereocenters. The van der Waals surface area contributed by atoms with Crippen molar-refractivity contribution < 1.29 is 14.3 Å². The SMILES string of the molecule is COc1ccc(C=C(C#N)c2nc(-c3cc4ccccc4oc3=O)cs2)cc1O. The number of hydrogen-bond acceptors (Lipinski definition) is 7. The average molecular weight is 402 g/mol. The van der Waals surface area contributed by atoms with E-state index in [9.17, 15) is 15.2 Å². The van der Waals surface area contributed by atoms with Crippen molar-refractivity contribution in [1.29, 1.82) is 5.26 Å². The van der Waals surface area contributed by atoms with Crippen molar-refractivity contribution in [3.05, 3.63) is 74.9 Å². The minimum atomic E-state index is -0.483. The van der Waals surface area contributed by atoms with E-state index in [0.717, 1.165) is 5.39 Å². The zero-order chi connectivity index (χ0) is 20.4. The Hall–Kier alpha value is -3.89. The Morgan fingerprint density at radius 1 is 1.28 bits per heavy atom. The molecule has 2 aromatic carbocycles. The van der Waals surface area contributed by atoms with Crippen molar-refractivity contribution in [3.8, 4) is 28.8 Å². The number of benzene rings is 2. The van der Waals surface area contributed by atoms with Crippen LogP contribution in [0.3, 0.4) is 0 Å². The second kappa shape index (κ2) is 7.62. The number of phenolic OH excluding ortho intramolecular Hbond substituents is 1. The number of para-hydroxylation sites is 1. The van der Waals surface area contributed by atoms with E-state index < -0.39 is 5.63 Å². The van der Waals surface area contributed by atoms with Gasteiger partial charge >= 0.3 is 5.63 Å². The molecule has 0 aliphatic rings. The molecule has 4 rings (SSSR count). The fourth-order valence-electron chi connectivity index (χ4n) is 2.87. The first kappa shape index (κ1) is 18.5. The van der Waals surface area contributed by atoms with E-state index in [1.54, 1.807) is 41.8 Å². The maximum absolute atomic E-state index is 12.3. The van der Waals surface area contributed by atoms with Gasteiger partial charge in [0.05, 0.1) is 23.9 Å². The molecule has 142 valence electrons. The van der Waals surface area contributed by atoms with E-state index in [-0.39, 0.29) is 5.75 Å². The molecule has 0 fully saturated rings. The van der Waals surface area contributed by atoms with Crippen molar-refractivity contribution in [2.45, 2.75) is 0 Å². The molecule has 4 aromatic rings. The van der Waals surface area contributed by atoms with E-state index in [2.05, 4.69) is 11.1 Å². The van der Waals surface area contributed by atoms with E-state index in [4.69, 9.17) is 9.15 Å². The van der Waals surface area contributed by atoms with Gasteiger partial charge in [-0.2, -0.15) is 5.26 Å². The fraction of sp³-hybridized carbons (Fsp3) is 0.0455. The monoisotopic (exact) mass is 402 g/mol. The summed E-state index contributed by atoms with van der Waals surface area (Å²) in [7, 11) is 1.46. The lowest BCUT2D eigenvalue weighted by molar-refractivity contribution is 0.373. The average Bonchev–Trinajstić information content (AvgIpc) is 3.21. The molecule has 7 heteroatoms. The first-order chi connectivity index (χ1) is 14.1. The molecule has 0 saturated carbocycles. The number of nitriles is 1. The fourth-order valence-corrected chi connectivity index (χ4v) is 3.65. The molecule has 6 nitrogen and oxygen atoms in total. The number of allylic oxidation sites excluding steroid dienone is 1. The minimum absolute atomic E-state index is 0.0212. The third kappa shape index (κ3) is 3.61. The van der Waals surface area contributed by atoms with Crippen LogP contribution in [-0.4, -0.2) is 17.2 Å². The molecule has 0 aliphatic heterocycles. The van der Waals surface area contributed by atoms with Crippen molar-refractivity contribution in [2.75, 3.05) is 7.11 Å². The molecule has 0 saturated heterocycles. The standard InChI is InChI=1S/C22H14N2O4S/c1-27-20-7-6-13(9-18(20)25)8-15(11-23)21-24-17(12-29-21)16-10-14-4-2-3-5-19(14)28-22(16)26/h2-10,12,25H,1H3. The quantitative estimate of drug-likeness (QED) is 0.393. The third-order valence-electron chi connectivity index (χ3n) is 4.29. The summed E-state index contributed by atoms with van der Waals surface area (Å²) in [4.78, 5) is 16.8. The van der Waals surface area contributed by atoms with Crippen LogP contribution < -0.4 is 10.4 Å². The smallest absolute Gasteiger partial charge is 0.345 e. The highest BCUT2D eigenvalue weighted by atomic mass is 32.1. The van der Waals surface area contributed by atoms with Crippen LogP contribution in [0.25, 0.3) is 33.9 Å². The van der Waals surface area contributed by atoms with Gasteiger partial charge in [0, 0.05) is 10.8 Å². The Bertz CT molecular complexity index is 1340. The molecule has 0 amide bonds. The second-order valence-corrected chi connectivity index (χ2v) is 6.98. The van der Waals surface area contributed by atoms with Crippen LogP contribution in [0.2, 0.25) is 0 Å². The first-order valence-corrected chi connectivity index (χ1v) is 9.45. The number of fused-ring (bicyclic) bond motifs is 1. The summed E-state index contributed by atoms with van der Waals surface area (Å²) in [6, 6.07) is 15.9. The maximum Gasteiger partial charge on any atom is 0.345 e. The summed E-state index contributed by atoms with van der Waals surface area (Å²) in [5.41, 5.74) is 1.75. The number of aromatic nitrogens is 1. The number of phenols is 1. The summed E-state index contributed by atoms with van der Waals surface area (Å²) >= 11 is 1.25. The summed E-state index contributed by atoms with van der Waals surface area (Å²) in [5, 5.41) is 22.5. The van der Waals surface area contributed by atoms with Gasteiger partial charge in [-0.05, 0) is 35.9 Å². The van der Waals surface area contributed by atoms with Crippen molar-refractivity contribution >= 4 is 34.0 Å². The van der Waals surface area contributed by atoms with E-state index >= 15 is 0 Å². The van der Waals surface area contributed by atoms with Gasteiger partial charge in [0.2, 0.25) is 0 Å². The van der Waals surface area contributed by atoms with Crippen molar-refractivity contribution in [1.82, 2.24) is 4.98 Å². The molecule has 1 N–H and O–H groups in total. The van der Waals surface area contributed by atoms with E-state index in [1.165, 1.54) is 24.5 Å². The van der Waals surface area contributed by atoms with Gasteiger partial charge in [-0.25, -0.2) is 9.78 Å². The van der Waals surface area contributed by atoms with Crippen molar-refractivity contribution in [3.63, 3.8) is 0 Å². The molecule has 29 heavy (non-hydrogen) atoms. The summed E-state index contributed by atoms with van der Waals surface area (Å²) in [6.45, 7) is 0. The van der Waals surface area contributed by atoms with Crippen LogP contribution >= 0.6 is 11.3 Å². The van der Waals surface area contributed by atoms with Crippen LogP contribution in [0.4, 0.5) is 0 Å². The summed E-state index contributed by atoms with van der Waals surface area (Å²) in [5.74, 6) is 0.326. The van der Waals surface area contributed by atoms with Gasteiger partial charge in [-0.3, -0.25) is 0 Å². The number of hydrogen-bond donors (Lipinski definition) is 1. The minimum Gasteiger partial charge on any atom is -0.504 e. The van der Waals surface area contributed by atoms with Crippen LogP contribution in [0.1, 0.15) is 10.6 Å². The summed E-state index contributed by atoms with van der Waals surface area (Å²) < 4.78 is 10.4.